The SMILES string of the molecule is N#CCC(NCCNC(N)=O)c1ccccc1. The molecule has 1 aromatic rings. The van der Waals surface area contributed by atoms with E-state index in [2.05, 4.69) is 16.7 Å². The molecule has 0 aliphatic carbocycles. The molecule has 17 heavy (non-hydrogen) atoms. The molecule has 0 aliphatic rings. The smallest absolute Gasteiger partial charge is 0.312 e. The molecule has 1 atom stereocenters. The summed E-state index contributed by atoms with van der Waals surface area (Å²) in [5.41, 5.74) is 6.01. The first-order valence-corrected chi connectivity index (χ1v) is 5.42. The number of nitrogens with two attached hydrogens (primary N) is 1. The van der Waals surface area contributed by atoms with Crippen molar-refractivity contribution in [3.63, 3.8) is 0 Å². The zero-order valence-corrected chi connectivity index (χ0v) is 9.52. The third-order valence-electron chi connectivity index (χ3n) is 2.31. The van der Waals surface area contributed by atoms with Crippen molar-refractivity contribution in [2.24, 2.45) is 5.73 Å². The largest absolute Gasteiger partial charge is 0.352 e. The van der Waals surface area contributed by atoms with E-state index in [0.717, 1.165) is 5.56 Å². The van der Waals surface area contributed by atoms with Gasteiger partial charge in [0.2, 0.25) is 0 Å². The highest BCUT2D eigenvalue weighted by atomic mass is 16.2. The minimum absolute atomic E-state index is 0.0177. The van der Waals surface area contributed by atoms with Crippen LogP contribution >= 0.6 is 0 Å². The summed E-state index contributed by atoms with van der Waals surface area (Å²) in [6, 6.07) is 11.3. The highest BCUT2D eigenvalue weighted by Crippen LogP contribution is 2.15. The van der Waals surface area contributed by atoms with E-state index >= 15 is 0 Å². The third-order valence-corrected chi connectivity index (χ3v) is 2.31. The van der Waals surface area contributed by atoms with E-state index < -0.39 is 6.03 Å². The summed E-state index contributed by atoms with van der Waals surface area (Å²) < 4.78 is 0. The topological polar surface area (TPSA) is 90.9 Å². The van der Waals surface area contributed by atoms with Gasteiger partial charge in [0.15, 0.2) is 0 Å². The number of hydrogen-bond donors (Lipinski definition) is 3. The van der Waals surface area contributed by atoms with Crippen LogP contribution in [-0.2, 0) is 0 Å². The third kappa shape index (κ3) is 5.00. The summed E-state index contributed by atoms with van der Waals surface area (Å²) in [4.78, 5) is 10.5. The van der Waals surface area contributed by atoms with Crippen molar-refractivity contribution in [1.82, 2.24) is 10.6 Å². The van der Waals surface area contributed by atoms with Crippen LogP contribution in [0.15, 0.2) is 30.3 Å². The molecule has 0 fully saturated rings. The van der Waals surface area contributed by atoms with Crippen LogP contribution in [0, 0.1) is 11.3 Å². The molecule has 5 nitrogen and oxygen atoms in total. The van der Waals surface area contributed by atoms with E-state index in [1.54, 1.807) is 0 Å². The van der Waals surface area contributed by atoms with Gasteiger partial charge in [0.1, 0.15) is 0 Å². The number of benzene rings is 1. The average molecular weight is 232 g/mol. The maximum atomic E-state index is 10.5. The van der Waals surface area contributed by atoms with Gasteiger partial charge in [0.25, 0.3) is 0 Å². The number of nitrogens with zero attached hydrogens (tertiary/aromatic N) is 1. The Bertz CT molecular complexity index is 385. The molecule has 0 aliphatic heterocycles. The Kier molecular flexibility index (Phi) is 5.55. The van der Waals surface area contributed by atoms with Gasteiger partial charge in [0.05, 0.1) is 12.5 Å². The molecule has 0 saturated carbocycles. The Hall–Kier alpha value is -2.06. The van der Waals surface area contributed by atoms with Crippen LogP contribution in [0.5, 0.6) is 0 Å². The van der Waals surface area contributed by atoms with Crippen molar-refractivity contribution in [3.8, 4) is 6.07 Å². The summed E-state index contributed by atoms with van der Waals surface area (Å²) in [5, 5.41) is 14.5. The fourth-order valence-corrected chi connectivity index (χ4v) is 1.52. The Morgan fingerprint density at radius 1 is 1.35 bits per heavy atom. The van der Waals surface area contributed by atoms with Gasteiger partial charge >= 0.3 is 6.03 Å². The van der Waals surface area contributed by atoms with Crippen LogP contribution in [0.25, 0.3) is 0 Å². The van der Waals surface area contributed by atoms with E-state index in [1.807, 2.05) is 30.3 Å². The molecule has 0 heterocycles. The zero-order chi connectivity index (χ0) is 12.5. The first kappa shape index (κ1) is 13.0. The fraction of sp³-hybridized carbons (Fsp3) is 0.333. The standard InChI is InChI=1S/C12H16N4O/c13-7-6-11(10-4-2-1-3-5-10)15-8-9-16-12(14)17/h1-5,11,15H,6,8-9H2,(H3,14,16,17). The second-order valence-corrected chi connectivity index (χ2v) is 3.57. The van der Waals surface area contributed by atoms with Crippen LogP contribution in [-0.4, -0.2) is 19.1 Å². The number of carbonyl (C=O) groups excluding carboxylic acids is 1. The van der Waals surface area contributed by atoms with Gasteiger partial charge < -0.3 is 16.4 Å². The van der Waals surface area contributed by atoms with E-state index in [0.29, 0.717) is 19.5 Å². The number of urea groups is 1. The summed E-state index contributed by atoms with van der Waals surface area (Å²) in [6.45, 7) is 1.02. The molecule has 0 spiro atoms. The molecule has 0 saturated heterocycles. The lowest BCUT2D eigenvalue weighted by Gasteiger charge is -2.16. The minimum atomic E-state index is -0.539. The molecular weight excluding hydrogens is 216 g/mol. The molecule has 1 unspecified atom stereocenters. The quantitative estimate of drug-likeness (QED) is 0.636. The van der Waals surface area contributed by atoms with E-state index in [1.165, 1.54) is 0 Å². The molecule has 90 valence electrons. The second-order valence-electron chi connectivity index (χ2n) is 3.57. The van der Waals surface area contributed by atoms with E-state index in [4.69, 9.17) is 11.0 Å². The van der Waals surface area contributed by atoms with Crippen LogP contribution < -0.4 is 16.4 Å². The number of nitriles is 1. The lowest BCUT2D eigenvalue weighted by atomic mass is 10.0. The maximum Gasteiger partial charge on any atom is 0.312 e. The van der Waals surface area contributed by atoms with Crippen molar-refractivity contribution in [2.45, 2.75) is 12.5 Å². The van der Waals surface area contributed by atoms with Crippen LogP contribution in [0.4, 0.5) is 4.79 Å². The maximum absolute atomic E-state index is 10.5. The first-order valence-electron chi connectivity index (χ1n) is 5.42. The Balaban J connectivity index is 2.45. The Labute approximate surface area is 101 Å². The molecule has 1 rings (SSSR count). The van der Waals surface area contributed by atoms with Gasteiger partial charge in [-0.05, 0) is 5.56 Å². The lowest BCUT2D eigenvalue weighted by Crippen LogP contribution is -2.36. The predicted molar refractivity (Wildman–Crippen MR) is 65.0 cm³/mol. The lowest BCUT2D eigenvalue weighted by molar-refractivity contribution is 0.249. The monoisotopic (exact) mass is 232 g/mol. The summed E-state index contributed by atoms with van der Waals surface area (Å²) in [5.74, 6) is 0. The zero-order valence-electron chi connectivity index (χ0n) is 9.52. The molecule has 0 aromatic heterocycles. The minimum Gasteiger partial charge on any atom is -0.352 e. The van der Waals surface area contributed by atoms with Crippen molar-refractivity contribution >= 4 is 6.03 Å². The number of hydrogen-bond acceptors (Lipinski definition) is 3. The van der Waals surface area contributed by atoms with Gasteiger partial charge in [0, 0.05) is 19.1 Å². The molecule has 4 N–H and O–H groups in total. The summed E-state index contributed by atoms with van der Waals surface area (Å²) in [6.07, 6.45) is 0.389. The summed E-state index contributed by atoms with van der Waals surface area (Å²) in [7, 11) is 0. The number of primary amides is 1. The molecule has 0 radical (unpaired) electrons. The molecule has 5 heteroatoms. The number of rotatable bonds is 6. The van der Waals surface area contributed by atoms with Crippen molar-refractivity contribution in [1.29, 1.82) is 5.26 Å². The number of amides is 2. The van der Waals surface area contributed by atoms with Gasteiger partial charge in [-0.3, -0.25) is 0 Å². The van der Waals surface area contributed by atoms with Crippen LogP contribution in [0.2, 0.25) is 0 Å². The second kappa shape index (κ2) is 7.25. The van der Waals surface area contributed by atoms with Crippen molar-refractivity contribution < 1.29 is 4.79 Å². The molecule has 0 bridgehead atoms. The predicted octanol–water partition coefficient (Wildman–Crippen LogP) is 0.899. The van der Waals surface area contributed by atoms with Crippen molar-refractivity contribution in [2.75, 3.05) is 13.1 Å². The average Bonchev–Trinajstić information content (AvgIpc) is 2.34. The van der Waals surface area contributed by atoms with E-state index in [-0.39, 0.29) is 6.04 Å². The highest BCUT2D eigenvalue weighted by molar-refractivity contribution is 5.71. The molecule has 2 amide bonds. The Morgan fingerprint density at radius 2 is 2.06 bits per heavy atom. The van der Waals surface area contributed by atoms with Gasteiger partial charge in [-0.1, -0.05) is 30.3 Å². The normalized spacial score (nSPS) is 11.5. The van der Waals surface area contributed by atoms with Crippen LogP contribution in [0.3, 0.4) is 0 Å². The summed E-state index contributed by atoms with van der Waals surface area (Å²) >= 11 is 0. The van der Waals surface area contributed by atoms with Crippen LogP contribution in [0.1, 0.15) is 18.0 Å². The Morgan fingerprint density at radius 3 is 2.65 bits per heavy atom. The fourth-order valence-electron chi connectivity index (χ4n) is 1.52. The highest BCUT2D eigenvalue weighted by Gasteiger charge is 2.09. The molecule has 1 aromatic carbocycles. The number of carbonyl (C=O) groups is 1. The molecular formula is C12H16N4O. The van der Waals surface area contributed by atoms with Gasteiger partial charge in [-0.2, -0.15) is 5.26 Å². The van der Waals surface area contributed by atoms with E-state index in [9.17, 15) is 4.79 Å². The van der Waals surface area contributed by atoms with Gasteiger partial charge in [-0.25, -0.2) is 4.79 Å². The first-order chi connectivity index (χ1) is 8.24. The van der Waals surface area contributed by atoms with Gasteiger partial charge in [-0.15, -0.1) is 0 Å². The number of nitrogens with one attached hydrogen (secondary N) is 2. The van der Waals surface area contributed by atoms with Crippen molar-refractivity contribution in [3.05, 3.63) is 35.9 Å².